The van der Waals surface area contributed by atoms with Crippen molar-refractivity contribution < 1.29 is 77.2 Å². The molecule has 4 heterocycles. The first-order valence-corrected chi connectivity index (χ1v) is 32.1. The molecule has 9 unspecified atom stereocenters. The second-order valence-corrected chi connectivity index (χ2v) is 25.3. The molecule has 2 aromatic heterocycles. The molecular weight excluding hydrogens is 1160 g/mol. The average Bonchev–Trinajstić information content (AvgIpc) is 1.83. The van der Waals surface area contributed by atoms with E-state index in [0.29, 0.717) is 37.1 Å². The SMILES string of the molecule is CCc1c[nH]c2c1C(=C(CNC(=O)C(C)C(OC)C1CCCN1C(=O)CC(OC)C(CCC(C)C(=O)CNC(=O)C(C(C)C)N(C)CCCC(=O)OCC(NC(=O)OC(C)(C)C)C(=O)NCCC(=O)On1c(O)ccc1O)C(C)CC)N1CCCCO1)CC=C2. The second kappa shape index (κ2) is 35.6. The highest BCUT2D eigenvalue weighted by atomic mass is 16.7. The summed E-state index contributed by atoms with van der Waals surface area (Å²) in [5.41, 5.74) is 4.60. The van der Waals surface area contributed by atoms with Crippen molar-refractivity contribution in [1.29, 1.82) is 0 Å². The van der Waals surface area contributed by atoms with Gasteiger partial charge in [0.2, 0.25) is 35.4 Å². The minimum absolute atomic E-state index is 0.0624. The third-order valence-electron chi connectivity index (χ3n) is 17.3. The summed E-state index contributed by atoms with van der Waals surface area (Å²) in [7, 11) is 4.97. The predicted octanol–water partition coefficient (Wildman–Crippen LogP) is 6.21. The number of alkyl carbamates (subject to hydrolysis) is 1. The van der Waals surface area contributed by atoms with Gasteiger partial charge in [0.25, 0.3) is 0 Å². The van der Waals surface area contributed by atoms with Gasteiger partial charge in [-0.1, -0.05) is 61.0 Å². The molecule has 0 saturated carbocycles. The molecule has 0 spiro atoms. The number of esters is 1. The van der Waals surface area contributed by atoms with Crippen LogP contribution in [0.1, 0.15) is 163 Å². The number of amides is 5. The quantitative estimate of drug-likeness (QED) is 0.0377. The van der Waals surface area contributed by atoms with Gasteiger partial charge < -0.3 is 65.1 Å². The number of hydrogen-bond donors (Lipinski definition) is 7. The number of rotatable bonds is 35. The first-order valence-electron chi connectivity index (χ1n) is 32.1. The van der Waals surface area contributed by atoms with Gasteiger partial charge >= 0.3 is 18.0 Å². The van der Waals surface area contributed by atoms with Crippen LogP contribution in [-0.2, 0) is 63.8 Å². The van der Waals surface area contributed by atoms with Crippen molar-refractivity contribution in [3.8, 4) is 11.8 Å². The van der Waals surface area contributed by atoms with E-state index in [2.05, 4.69) is 65.4 Å². The number of methoxy groups -OCH3 is 2. The Labute approximate surface area is 530 Å². The van der Waals surface area contributed by atoms with Crippen molar-refractivity contribution in [3.05, 3.63) is 46.9 Å². The zero-order valence-corrected chi connectivity index (χ0v) is 55.4. The van der Waals surface area contributed by atoms with E-state index in [-0.39, 0.29) is 92.7 Å². The number of allylic oxidation sites excluding steroid dienone is 2. The van der Waals surface area contributed by atoms with Gasteiger partial charge in [-0.2, -0.15) is 0 Å². The number of hydroxylamine groups is 2. The standard InChI is InChI=1S/C65H103N9O16/c1-14-41(5)45(52(85-12)35-55(78)72-32-19-23-49(72)60(86-13)43(7)61(81)68-37-50(73-33-16-17-34-88-73)46-21-18-22-47-58(46)44(15-2)36-67-47)26-25-42(6)51(75)38-69-63(83)59(40(3)4)71(11)31-20-24-56(79)87-39-48(70-64(84)89-65(8,9)10)62(82)66-30-29-57(80)90-74-53(76)27-28-54(74)77/h18,22,27-28,36,40-43,45,48-49,52,59-60,67,76-77H,14-17,19-21,23-26,29-35,37-39H2,1-13H3,(H,66,82)(H,68,81)(H,69,83)(H,70,84). The number of likely N-dealkylation sites (tertiary alicyclic amines) is 1. The van der Waals surface area contributed by atoms with Crippen LogP contribution >= 0.6 is 0 Å². The molecule has 504 valence electrons. The average molecular weight is 1270 g/mol. The Morgan fingerprint density at radius 2 is 1.57 bits per heavy atom. The molecule has 2 aromatic rings. The summed E-state index contributed by atoms with van der Waals surface area (Å²) in [6.07, 6.45) is 11.2. The van der Waals surface area contributed by atoms with Crippen molar-refractivity contribution in [1.82, 2.24) is 45.8 Å². The highest BCUT2D eigenvalue weighted by Gasteiger charge is 2.42. The molecule has 1 aliphatic carbocycles. The molecule has 0 bridgehead atoms. The van der Waals surface area contributed by atoms with Crippen molar-refractivity contribution in [3.63, 3.8) is 0 Å². The van der Waals surface area contributed by atoms with E-state index in [0.717, 1.165) is 74.2 Å². The number of aryl methyl sites for hydroxylation is 1. The van der Waals surface area contributed by atoms with Crippen molar-refractivity contribution in [2.75, 3.05) is 73.7 Å². The predicted molar refractivity (Wildman–Crippen MR) is 337 cm³/mol. The van der Waals surface area contributed by atoms with E-state index >= 15 is 0 Å². The number of nitrogens with one attached hydrogen (secondary N) is 5. The summed E-state index contributed by atoms with van der Waals surface area (Å²) < 4.78 is 23.4. The fourth-order valence-corrected chi connectivity index (χ4v) is 12.1. The number of ether oxygens (including phenoxy) is 4. The number of H-pyrrole nitrogens is 1. The van der Waals surface area contributed by atoms with E-state index in [4.69, 9.17) is 28.6 Å². The maximum atomic E-state index is 14.5. The van der Waals surface area contributed by atoms with Crippen LogP contribution in [0.25, 0.3) is 11.6 Å². The summed E-state index contributed by atoms with van der Waals surface area (Å²) >= 11 is 0. The normalized spacial score (nSPS) is 18.3. The highest BCUT2D eigenvalue weighted by molar-refractivity contribution is 5.90. The van der Waals surface area contributed by atoms with Crippen LogP contribution in [0.5, 0.6) is 11.8 Å². The molecule has 9 atom stereocenters. The van der Waals surface area contributed by atoms with Gasteiger partial charge in [0.1, 0.15) is 18.2 Å². The fraction of sp³-hybridized carbons (Fsp3) is 0.692. The van der Waals surface area contributed by atoms with Crippen LogP contribution in [0.3, 0.4) is 0 Å². The Kier molecular flexibility index (Phi) is 29.2. The third kappa shape index (κ3) is 21.3. The molecule has 5 amide bonds. The maximum absolute atomic E-state index is 14.5. The fourth-order valence-electron chi connectivity index (χ4n) is 12.1. The summed E-state index contributed by atoms with van der Waals surface area (Å²) in [4.78, 5) is 125. The van der Waals surface area contributed by atoms with Gasteiger partial charge in [-0.25, -0.2) is 9.59 Å². The Morgan fingerprint density at radius 3 is 2.20 bits per heavy atom. The lowest BCUT2D eigenvalue weighted by molar-refractivity contribution is -0.155. The number of hydrogen-bond acceptors (Lipinski definition) is 18. The van der Waals surface area contributed by atoms with Gasteiger partial charge in [-0.3, -0.25) is 43.6 Å². The molecule has 25 heteroatoms. The lowest BCUT2D eigenvalue weighted by Gasteiger charge is -2.36. The van der Waals surface area contributed by atoms with Crippen molar-refractivity contribution in [2.45, 2.75) is 189 Å². The van der Waals surface area contributed by atoms with Crippen LogP contribution in [0.2, 0.25) is 0 Å². The zero-order valence-electron chi connectivity index (χ0n) is 55.4. The topological polar surface area (TPSA) is 311 Å². The van der Waals surface area contributed by atoms with Gasteiger partial charge in [-0.05, 0) is 127 Å². The summed E-state index contributed by atoms with van der Waals surface area (Å²) in [6, 6.07) is -0.179. The second-order valence-electron chi connectivity index (χ2n) is 25.3. The van der Waals surface area contributed by atoms with E-state index in [1.54, 1.807) is 46.9 Å². The third-order valence-corrected chi connectivity index (χ3v) is 17.3. The highest BCUT2D eigenvalue weighted by Crippen LogP contribution is 2.37. The number of nitrogens with zero attached hydrogens (tertiary/aromatic N) is 4. The Morgan fingerprint density at radius 1 is 0.856 bits per heavy atom. The molecule has 7 N–H and O–H groups in total. The number of aromatic hydroxyl groups is 2. The molecule has 0 radical (unpaired) electrons. The Balaban J connectivity index is 1.10. The number of likely N-dealkylation sites (N-methyl/N-ethyl adjacent to an activating group) is 1. The monoisotopic (exact) mass is 1270 g/mol. The van der Waals surface area contributed by atoms with E-state index in [9.17, 15) is 48.6 Å². The van der Waals surface area contributed by atoms with Gasteiger partial charge in [0.15, 0.2) is 5.78 Å². The van der Waals surface area contributed by atoms with Crippen molar-refractivity contribution in [2.24, 2.45) is 29.6 Å². The molecule has 2 aliphatic heterocycles. The Hall–Kier alpha value is -6.96. The number of ketones is 1. The lowest BCUT2D eigenvalue weighted by atomic mass is 9.80. The zero-order chi connectivity index (χ0) is 66.4. The first kappa shape index (κ1) is 73.8. The summed E-state index contributed by atoms with van der Waals surface area (Å²) in [5.74, 6) is -5.27. The van der Waals surface area contributed by atoms with Gasteiger partial charge in [0, 0.05) is 75.8 Å². The number of carbonyl (C=O) groups is 8. The van der Waals surface area contributed by atoms with Gasteiger partial charge in [-0.15, -0.1) is 4.73 Å². The van der Waals surface area contributed by atoms with E-state index in [1.165, 1.54) is 11.1 Å². The van der Waals surface area contributed by atoms with Crippen molar-refractivity contribution >= 4 is 59.1 Å². The number of aromatic amines is 1. The van der Waals surface area contributed by atoms with Crippen LogP contribution < -0.4 is 26.1 Å². The summed E-state index contributed by atoms with van der Waals surface area (Å²) in [5, 5.41) is 32.3. The smallest absolute Gasteiger partial charge is 0.408 e. The van der Waals surface area contributed by atoms with E-state index in [1.807, 2.05) is 37.7 Å². The number of Topliss-reactive ketones (excluding diaryl/α,β-unsaturated/α-hetero) is 1. The maximum Gasteiger partial charge on any atom is 0.408 e. The van der Waals surface area contributed by atoms with E-state index < -0.39 is 90.5 Å². The van der Waals surface area contributed by atoms with Crippen LogP contribution in [0, 0.1) is 29.6 Å². The first-order chi connectivity index (χ1) is 42.7. The minimum atomic E-state index is -1.42. The van der Waals surface area contributed by atoms with Crippen LogP contribution in [0.15, 0.2) is 30.1 Å². The minimum Gasteiger partial charge on any atom is -0.492 e. The lowest BCUT2D eigenvalue weighted by Crippen LogP contribution is -2.51. The number of carbonyl (C=O) groups excluding carboxylic acids is 8. The number of aromatic nitrogens is 2. The largest absolute Gasteiger partial charge is 0.492 e. The van der Waals surface area contributed by atoms with Crippen LogP contribution in [-0.4, -0.2) is 192 Å². The molecule has 3 aliphatic rings. The molecule has 2 saturated heterocycles. The molecule has 0 aromatic carbocycles. The molecule has 25 nitrogen and oxygen atoms in total. The van der Waals surface area contributed by atoms with Gasteiger partial charge in [0.05, 0.1) is 68.4 Å². The Bertz CT molecular complexity index is 2760. The molecule has 5 rings (SSSR count). The molecule has 90 heavy (non-hydrogen) atoms. The summed E-state index contributed by atoms with van der Waals surface area (Å²) in [6.45, 7) is 20.1. The van der Waals surface area contributed by atoms with Crippen LogP contribution in [0.4, 0.5) is 4.79 Å². The molecular formula is C65H103N9O16. The number of fused-ring (bicyclic) bond motifs is 1. The molecule has 2 fully saturated rings.